The van der Waals surface area contributed by atoms with Crippen LogP contribution in [0.4, 0.5) is 0 Å². The van der Waals surface area contributed by atoms with Crippen molar-refractivity contribution in [3.8, 4) is 5.75 Å². The molecule has 180 valence electrons. The monoisotopic (exact) mass is 469 g/mol. The van der Waals surface area contributed by atoms with E-state index in [1.165, 1.54) is 5.56 Å². The van der Waals surface area contributed by atoms with Crippen LogP contribution in [0, 0.1) is 13.8 Å². The Morgan fingerprint density at radius 3 is 2.71 bits per heavy atom. The van der Waals surface area contributed by atoms with E-state index in [2.05, 4.69) is 23.0 Å². The number of hydrogen-bond donors (Lipinski definition) is 1. The van der Waals surface area contributed by atoms with Gasteiger partial charge in [0, 0.05) is 48.7 Å². The number of nitrogens with one attached hydrogen (secondary N) is 1. The molecule has 1 saturated heterocycles. The molecule has 1 amide bonds. The van der Waals surface area contributed by atoms with Crippen molar-refractivity contribution in [2.45, 2.75) is 45.9 Å². The first-order chi connectivity index (χ1) is 17.1. The highest BCUT2D eigenvalue weighted by atomic mass is 16.5. The van der Waals surface area contributed by atoms with E-state index in [0.717, 1.165) is 52.9 Å². The number of aromatic nitrogens is 2. The smallest absolute Gasteiger partial charge is 0.256 e. The lowest BCUT2D eigenvalue weighted by Gasteiger charge is -2.26. The number of pyridine rings is 1. The van der Waals surface area contributed by atoms with Crippen LogP contribution in [-0.4, -0.2) is 40.0 Å². The molecule has 1 unspecified atom stereocenters. The molecular formula is C29H31N3O3. The van der Waals surface area contributed by atoms with Gasteiger partial charge in [-0.25, -0.2) is 0 Å². The molecule has 1 fully saturated rings. The Bertz CT molecular complexity index is 1290. The first-order valence-electron chi connectivity index (χ1n) is 12.2. The van der Waals surface area contributed by atoms with Gasteiger partial charge in [-0.05, 0) is 62.1 Å². The highest BCUT2D eigenvalue weighted by molar-refractivity contribution is 6.06. The van der Waals surface area contributed by atoms with Gasteiger partial charge in [-0.1, -0.05) is 30.3 Å². The fourth-order valence-electron chi connectivity index (χ4n) is 4.65. The van der Waals surface area contributed by atoms with Gasteiger partial charge in [0.2, 0.25) is 0 Å². The van der Waals surface area contributed by atoms with Crippen LogP contribution in [0.1, 0.15) is 45.6 Å². The number of nitrogens with zero attached hydrogens (tertiary/aromatic N) is 2. The predicted octanol–water partition coefficient (Wildman–Crippen LogP) is 5.58. The highest BCUT2D eigenvalue weighted by Crippen LogP contribution is 2.26. The summed E-state index contributed by atoms with van der Waals surface area (Å²) in [5.41, 5.74) is 5.96. The SMILES string of the molecule is Cc1[nH]c2c(C(=O)N(Cc3ccc(OCc4cccnc4)cc3)CC3CCCO3)cccc2c1C. The maximum atomic E-state index is 13.8. The molecule has 6 nitrogen and oxygen atoms in total. The molecule has 0 radical (unpaired) electrons. The van der Waals surface area contributed by atoms with Crippen LogP contribution >= 0.6 is 0 Å². The quantitative estimate of drug-likeness (QED) is 0.366. The van der Waals surface area contributed by atoms with Gasteiger partial charge in [-0.3, -0.25) is 9.78 Å². The molecule has 1 atom stereocenters. The summed E-state index contributed by atoms with van der Waals surface area (Å²) in [6, 6.07) is 17.8. The van der Waals surface area contributed by atoms with Crippen molar-refractivity contribution in [1.82, 2.24) is 14.9 Å². The minimum Gasteiger partial charge on any atom is -0.489 e. The van der Waals surface area contributed by atoms with Gasteiger partial charge in [-0.2, -0.15) is 0 Å². The average molecular weight is 470 g/mol. The molecule has 6 heteroatoms. The number of hydrogen-bond acceptors (Lipinski definition) is 4. The van der Waals surface area contributed by atoms with E-state index in [-0.39, 0.29) is 12.0 Å². The number of carbonyl (C=O) groups excluding carboxylic acids is 1. The molecule has 1 N–H and O–H groups in total. The maximum Gasteiger partial charge on any atom is 0.256 e. The number of amides is 1. The molecule has 5 rings (SSSR count). The van der Waals surface area contributed by atoms with Crippen LogP contribution in [-0.2, 0) is 17.9 Å². The highest BCUT2D eigenvalue weighted by Gasteiger charge is 2.25. The normalized spacial score (nSPS) is 15.4. The number of ether oxygens (including phenoxy) is 2. The van der Waals surface area contributed by atoms with E-state index in [1.807, 2.05) is 60.4 Å². The summed E-state index contributed by atoms with van der Waals surface area (Å²) in [4.78, 5) is 23.3. The number of rotatable bonds is 8. The third-order valence-corrected chi connectivity index (χ3v) is 6.73. The summed E-state index contributed by atoms with van der Waals surface area (Å²) in [6.07, 6.45) is 5.65. The molecule has 35 heavy (non-hydrogen) atoms. The van der Waals surface area contributed by atoms with Crippen molar-refractivity contribution in [2.24, 2.45) is 0 Å². The Hall–Kier alpha value is -3.64. The second-order valence-electron chi connectivity index (χ2n) is 9.22. The predicted molar refractivity (Wildman–Crippen MR) is 136 cm³/mol. The molecule has 0 aliphatic carbocycles. The van der Waals surface area contributed by atoms with E-state index in [0.29, 0.717) is 25.3 Å². The number of benzene rings is 2. The summed E-state index contributed by atoms with van der Waals surface area (Å²) in [6.45, 7) is 6.45. The van der Waals surface area contributed by atoms with E-state index in [1.54, 1.807) is 12.4 Å². The van der Waals surface area contributed by atoms with Crippen LogP contribution in [0.25, 0.3) is 10.9 Å². The van der Waals surface area contributed by atoms with Crippen LogP contribution < -0.4 is 4.74 Å². The lowest BCUT2D eigenvalue weighted by Crippen LogP contribution is -2.37. The molecular weight excluding hydrogens is 438 g/mol. The molecule has 0 saturated carbocycles. The van der Waals surface area contributed by atoms with Gasteiger partial charge in [0.15, 0.2) is 0 Å². The fraction of sp³-hybridized carbons (Fsp3) is 0.310. The Morgan fingerprint density at radius 2 is 1.97 bits per heavy atom. The Kier molecular flexibility index (Phi) is 6.82. The molecule has 3 heterocycles. The standard InChI is InChI=1S/C29H31N3O3/c1-20-21(2)31-28-26(20)8-3-9-27(28)29(33)32(18-25-7-5-15-34-25)17-22-10-12-24(13-11-22)35-19-23-6-4-14-30-16-23/h3-4,6,8-14,16,25,31H,5,7,15,17-19H2,1-2H3. The second-order valence-corrected chi connectivity index (χ2v) is 9.22. The second kappa shape index (κ2) is 10.3. The molecule has 1 aliphatic rings. The van der Waals surface area contributed by atoms with Gasteiger partial charge < -0.3 is 19.4 Å². The molecule has 2 aromatic carbocycles. The van der Waals surface area contributed by atoms with Gasteiger partial charge in [0.1, 0.15) is 12.4 Å². The van der Waals surface area contributed by atoms with E-state index in [9.17, 15) is 4.79 Å². The van der Waals surface area contributed by atoms with Crippen LogP contribution in [0.3, 0.4) is 0 Å². The van der Waals surface area contributed by atoms with Gasteiger partial charge >= 0.3 is 0 Å². The zero-order valence-corrected chi connectivity index (χ0v) is 20.3. The van der Waals surface area contributed by atoms with Gasteiger partial charge in [0.25, 0.3) is 5.91 Å². The lowest BCUT2D eigenvalue weighted by atomic mass is 10.1. The fourth-order valence-corrected chi connectivity index (χ4v) is 4.65. The van der Waals surface area contributed by atoms with Crippen molar-refractivity contribution in [3.05, 3.63) is 94.9 Å². The lowest BCUT2D eigenvalue weighted by molar-refractivity contribution is 0.0508. The maximum absolute atomic E-state index is 13.8. The summed E-state index contributed by atoms with van der Waals surface area (Å²) in [5.74, 6) is 0.806. The van der Waals surface area contributed by atoms with Gasteiger partial charge in [-0.15, -0.1) is 0 Å². The van der Waals surface area contributed by atoms with Crippen molar-refractivity contribution in [3.63, 3.8) is 0 Å². The summed E-state index contributed by atoms with van der Waals surface area (Å²) in [5, 5.41) is 1.10. The molecule has 1 aliphatic heterocycles. The van der Waals surface area contributed by atoms with Crippen LogP contribution in [0.5, 0.6) is 5.75 Å². The molecule has 0 bridgehead atoms. The van der Waals surface area contributed by atoms with Crippen molar-refractivity contribution >= 4 is 16.8 Å². The Balaban J connectivity index is 1.34. The number of carbonyl (C=O) groups is 1. The van der Waals surface area contributed by atoms with Crippen molar-refractivity contribution < 1.29 is 14.3 Å². The molecule has 4 aromatic rings. The Morgan fingerprint density at radius 1 is 1.11 bits per heavy atom. The number of aromatic amines is 1. The number of para-hydroxylation sites is 1. The third kappa shape index (κ3) is 5.23. The minimum atomic E-state index is 0.0178. The van der Waals surface area contributed by atoms with E-state index in [4.69, 9.17) is 9.47 Å². The van der Waals surface area contributed by atoms with Gasteiger partial charge in [0.05, 0.1) is 17.2 Å². The number of H-pyrrole nitrogens is 1. The minimum absolute atomic E-state index is 0.0178. The number of fused-ring (bicyclic) bond motifs is 1. The summed E-state index contributed by atoms with van der Waals surface area (Å²) < 4.78 is 11.8. The first-order valence-corrected chi connectivity index (χ1v) is 12.2. The first kappa shape index (κ1) is 23.1. The van der Waals surface area contributed by atoms with Crippen molar-refractivity contribution in [1.29, 1.82) is 0 Å². The van der Waals surface area contributed by atoms with E-state index >= 15 is 0 Å². The zero-order chi connectivity index (χ0) is 24.2. The summed E-state index contributed by atoms with van der Waals surface area (Å²) in [7, 11) is 0. The largest absolute Gasteiger partial charge is 0.489 e. The third-order valence-electron chi connectivity index (χ3n) is 6.73. The zero-order valence-electron chi connectivity index (χ0n) is 20.3. The molecule has 0 spiro atoms. The topological polar surface area (TPSA) is 67.5 Å². The van der Waals surface area contributed by atoms with E-state index < -0.39 is 0 Å². The van der Waals surface area contributed by atoms with Crippen LogP contribution in [0.2, 0.25) is 0 Å². The number of aryl methyl sites for hydroxylation is 2. The summed E-state index contributed by atoms with van der Waals surface area (Å²) >= 11 is 0. The Labute approximate surface area is 205 Å². The average Bonchev–Trinajstić information content (AvgIpc) is 3.51. The van der Waals surface area contributed by atoms with Crippen LogP contribution in [0.15, 0.2) is 67.0 Å². The van der Waals surface area contributed by atoms with Crippen molar-refractivity contribution in [2.75, 3.05) is 13.2 Å². The molecule has 2 aromatic heterocycles.